The van der Waals surface area contributed by atoms with E-state index in [9.17, 15) is 32.8 Å². The number of fused-ring (bicyclic) bond motifs is 1. The first-order chi connectivity index (χ1) is 16.5. The molecule has 198 valence electrons. The molecule has 0 saturated heterocycles. The summed E-state index contributed by atoms with van der Waals surface area (Å²) in [7, 11) is 0. The van der Waals surface area contributed by atoms with Gasteiger partial charge in [-0.25, -0.2) is 4.79 Å². The first kappa shape index (κ1) is 28.5. The van der Waals surface area contributed by atoms with Crippen molar-refractivity contribution in [3.63, 3.8) is 0 Å². The van der Waals surface area contributed by atoms with Gasteiger partial charge in [0.15, 0.2) is 13.1 Å². The van der Waals surface area contributed by atoms with Crippen molar-refractivity contribution in [2.45, 2.75) is 38.5 Å². The Hall–Kier alpha value is -3.75. The van der Waals surface area contributed by atoms with Gasteiger partial charge in [0.05, 0.1) is 10.5 Å². The van der Waals surface area contributed by atoms with Crippen LogP contribution in [0.15, 0.2) is 23.0 Å². The SMILES string of the molecule is CC(C)(C)c1cc2c(cc1Cl)C=C(C(=O)OCO/N=[N+](\[O-])N(CC(=O)O)CC(=O)O)[C@@H](C(F)(F)F)O2. The maximum absolute atomic E-state index is 13.7. The van der Waals surface area contributed by atoms with Crippen molar-refractivity contribution in [1.82, 2.24) is 5.01 Å². The van der Waals surface area contributed by atoms with Crippen molar-refractivity contribution < 1.29 is 57.0 Å². The van der Waals surface area contributed by atoms with Crippen LogP contribution in [-0.2, 0) is 29.4 Å². The summed E-state index contributed by atoms with van der Waals surface area (Å²) in [5.41, 5.74) is -0.821. The monoisotopic (exact) mass is 539 g/mol. The molecule has 1 aliphatic heterocycles. The van der Waals surface area contributed by atoms with E-state index in [4.69, 9.17) is 26.6 Å². The highest BCUT2D eigenvalue weighted by Gasteiger charge is 2.49. The molecule has 0 radical (unpaired) electrons. The Balaban J connectivity index is 2.21. The van der Waals surface area contributed by atoms with Crippen molar-refractivity contribution in [2.75, 3.05) is 19.9 Å². The van der Waals surface area contributed by atoms with Gasteiger partial charge < -0.3 is 29.7 Å². The van der Waals surface area contributed by atoms with E-state index in [1.807, 2.05) is 0 Å². The van der Waals surface area contributed by atoms with Crippen molar-refractivity contribution in [3.8, 4) is 5.75 Å². The summed E-state index contributed by atoms with van der Waals surface area (Å²) in [6.45, 7) is 2.14. The quantitative estimate of drug-likeness (QED) is 0.119. The molecule has 1 aliphatic rings. The fourth-order valence-corrected chi connectivity index (χ4v) is 3.43. The standard InChI is InChI=1S/C20H21ClF3N3O9/c1-19(2,3)12-6-14-10(5-13(12)21)4-11(17(36-14)20(22,23)24)18(32)34-9-35-25-27(33)26(7-15(28)29)8-16(30)31/h4-6,17H,7-9H2,1-3H3,(H,28,29)(H,30,31)/b27-25-/t17-/m0/s1. The van der Waals surface area contributed by atoms with E-state index in [1.54, 1.807) is 20.8 Å². The van der Waals surface area contributed by atoms with Gasteiger partial charge in [-0.2, -0.15) is 13.2 Å². The number of carbonyl (C=O) groups excluding carboxylic acids is 1. The fraction of sp³-hybridized carbons (Fsp3) is 0.450. The summed E-state index contributed by atoms with van der Waals surface area (Å²) in [6, 6.07) is 2.71. The molecule has 2 rings (SSSR count). The zero-order valence-electron chi connectivity index (χ0n) is 19.0. The molecular weight excluding hydrogens is 519 g/mol. The van der Waals surface area contributed by atoms with Crippen molar-refractivity contribution >= 4 is 35.6 Å². The third kappa shape index (κ3) is 7.37. The fourth-order valence-electron chi connectivity index (χ4n) is 2.98. The molecule has 0 fully saturated rings. The van der Waals surface area contributed by atoms with Crippen molar-refractivity contribution in [3.05, 3.63) is 39.1 Å². The number of alkyl halides is 3. The van der Waals surface area contributed by atoms with Crippen molar-refractivity contribution in [2.24, 2.45) is 5.28 Å². The molecule has 1 aromatic rings. The Kier molecular flexibility index (Phi) is 8.62. The lowest BCUT2D eigenvalue weighted by molar-refractivity contribution is -0.707. The molecule has 0 spiro atoms. The summed E-state index contributed by atoms with van der Waals surface area (Å²) < 4.78 is 50.6. The first-order valence-corrected chi connectivity index (χ1v) is 10.3. The second-order valence-corrected chi connectivity index (χ2v) is 8.79. The number of aliphatic carboxylic acids is 2. The van der Waals surface area contributed by atoms with E-state index in [2.05, 4.69) is 14.9 Å². The van der Waals surface area contributed by atoms with Gasteiger partial charge in [0.1, 0.15) is 5.75 Å². The predicted octanol–water partition coefficient (Wildman–Crippen LogP) is 3.13. The number of carboxylic acids is 2. The number of carbonyl (C=O) groups is 3. The topological polar surface area (TPSA) is 161 Å². The number of ether oxygens (including phenoxy) is 2. The summed E-state index contributed by atoms with van der Waals surface area (Å²) >= 11 is 6.25. The number of hydrazine groups is 1. The van der Waals surface area contributed by atoms with Gasteiger partial charge in [-0.15, -0.1) is 5.01 Å². The van der Waals surface area contributed by atoms with Gasteiger partial charge in [0.25, 0.3) is 6.79 Å². The Bertz CT molecular complexity index is 1080. The first-order valence-electron chi connectivity index (χ1n) is 9.95. The lowest BCUT2D eigenvalue weighted by Crippen LogP contribution is -2.41. The number of halogens is 4. The van der Waals surface area contributed by atoms with Crippen LogP contribution in [0.1, 0.15) is 31.9 Å². The molecule has 2 N–H and O–H groups in total. The molecule has 1 atom stereocenters. The molecule has 1 heterocycles. The molecule has 1 aromatic carbocycles. The van der Waals surface area contributed by atoms with E-state index in [1.165, 1.54) is 12.1 Å². The summed E-state index contributed by atoms with van der Waals surface area (Å²) in [5.74, 6) is -4.78. The van der Waals surface area contributed by atoms with Crippen LogP contribution in [-0.4, -0.2) is 70.3 Å². The third-order valence-corrected chi connectivity index (χ3v) is 4.84. The molecule has 16 heteroatoms. The molecule has 12 nitrogen and oxygen atoms in total. The van der Waals surface area contributed by atoms with E-state index >= 15 is 0 Å². The van der Waals surface area contributed by atoms with Crippen LogP contribution in [0.5, 0.6) is 5.75 Å². The lowest BCUT2D eigenvalue weighted by atomic mass is 9.85. The predicted molar refractivity (Wildman–Crippen MR) is 114 cm³/mol. The Morgan fingerprint density at radius 2 is 1.78 bits per heavy atom. The lowest BCUT2D eigenvalue weighted by Gasteiger charge is -2.30. The molecule has 0 aromatic heterocycles. The molecule has 0 aliphatic carbocycles. The second kappa shape index (κ2) is 10.9. The van der Waals surface area contributed by atoms with Gasteiger partial charge in [0, 0.05) is 10.6 Å². The van der Waals surface area contributed by atoms with Crippen LogP contribution in [0.2, 0.25) is 5.02 Å². The second-order valence-electron chi connectivity index (χ2n) is 8.38. The average Bonchev–Trinajstić information content (AvgIpc) is 2.72. The van der Waals surface area contributed by atoms with Gasteiger partial charge >= 0.3 is 24.1 Å². The largest absolute Gasteiger partial charge is 0.569 e. The minimum Gasteiger partial charge on any atom is -0.569 e. The zero-order valence-corrected chi connectivity index (χ0v) is 19.8. The number of nitrogens with zero attached hydrogens (tertiary/aromatic N) is 3. The van der Waals surface area contributed by atoms with Crippen LogP contribution in [0, 0.1) is 5.21 Å². The highest BCUT2D eigenvalue weighted by molar-refractivity contribution is 6.31. The molecule has 0 saturated carbocycles. The number of hydrogen-bond donors (Lipinski definition) is 2. The minimum atomic E-state index is -5.00. The van der Waals surface area contributed by atoms with Gasteiger partial charge in [-0.05, 0) is 29.2 Å². The number of benzene rings is 1. The van der Waals surface area contributed by atoms with Crippen molar-refractivity contribution in [1.29, 1.82) is 0 Å². The highest BCUT2D eigenvalue weighted by atomic mass is 35.5. The molecular formula is C20H21ClF3N3O9. The average molecular weight is 540 g/mol. The van der Waals surface area contributed by atoms with Crippen LogP contribution in [0.3, 0.4) is 0 Å². The van der Waals surface area contributed by atoms with Crippen LogP contribution in [0.25, 0.3) is 6.08 Å². The summed E-state index contributed by atoms with van der Waals surface area (Å²) in [6.07, 6.45) is -6.79. The molecule has 0 bridgehead atoms. The molecule has 0 unspecified atom stereocenters. The van der Waals surface area contributed by atoms with E-state index in [0.717, 1.165) is 6.08 Å². The van der Waals surface area contributed by atoms with Crippen LogP contribution >= 0.6 is 11.6 Å². The van der Waals surface area contributed by atoms with E-state index in [-0.39, 0.29) is 21.3 Å². The van der Waals surface area contributed by atoms with E-state index in [0.29, 0.717) is 5.56 Å². The third-order valence-electron chi connectivity index (χ3n) is 4.53. The van der Waals surface area contributed by atoms with Crippen LogP contribution < -0.4 is 4.74 Å². The smallest absolute Gasteiger partial charge is 0.430 e. The Labute approximate surface area is 206 Å². The Morgan fingerprint density at radius 3 is 2.28 bits per heavy atom. The van der Waals surface area contributed by atoms with Gasteiger partial charge in [0.2, 0.25) is 11.4 Å². The normalized spacial score (nSPS) is 15.8. The summed E-state index contributed by atoms with van der Waals surface area (Å²) in [4.78, 5) is 37.6. The van der Waals surface area contributed by atoms with Gasteiger partial charge in [-0.1, -0.05) is 32.4 Å². The maximum Gasteiger partial charge on any atom is 0.430 e. The van der Waals surface area contributed by atoms with Crippen LogP contribution in [0.4, 0.5) is 13.2 Å². The highest BCUT2D eigenvalue weighted by Crippen LogP contribution is 2.42. The zero-order chi connectivity index (χ0) is 27.4. The van der Waals surface area contributed by atoms with Gasteiger partial charge in [-0.3, -0.25) is 9.59 Å². The van der Waals surface area contributed by atoms with E-state index < -0.39 is 66.0 Å². The Morgan fingerprint density at radius 1 is 1.19 bits per heavy atom. The molecule has 0 amide bonds. The number of hydrogen-bond acceptors (Lipinski definition) is 8. The number of esters is 1. The number of carboxylic acid groups (broad SMARTS) is 2. The number of rotatable bonds is 9. The minimum absolute atomic E-state index is 0.0924. The maximum atomic E-state index is 13.7. The summed E-state index contributed by atoms with van der Waals surface area (Å²) in [5, 5.41) is 32.3. The molecule has 36 heavy (non-hydrogen) atoms.